The highest BCUT2D eigenvalue weighted by molar-refractivity contribution is 7.92. The van der Waals surface area contributed by atoms with Crippen LogP contribution in [0, 0.1) is 0 Å². The number of hydrogen-bond donors (Lipinski definition) is 1. The zero-order valence-corrected chi connectivity index (χ0v) is 24.2. The fourth-order valence-electron chi connectivity index (χ4n) is 4.25. The monoisotopic (exact) mass is 549 g/mol. The Labute approximate surface area is 232 Å². The minimum absolute atomic E-state index is 0.0900. The van der Waals surface area contributed by atoms with Crippen molar-refractivity contribution in [1.82, 2.24) is 10.2 Å². The Bertz CT molecular complexity index is 1330. The molecular formula is C31H39N3O4S. The normalized spacial score (nSPS) is 12.3. The molecule has 0 unspecified atom stereocenters. The lowest BCUT2D eigenvalue weighted by Crippen LogP contribution is -2.53. The average molecular weight is 550 g/mol. The number of nitrogens with one attached hydrogen (secondary N) is 1. The molecule has 0 aromatic heterocycles. The lowest BCUT2D eigenvalue weighted by molar-refractivity contribution is -0.139. The summed E-state index contributed by atoms with van der Waals surface area (Å²) in [5.41, 5.74) is 2.47. The van der Waals surface area contributed by atoms with Crippen LogP contribution >= 0.6 is 0 Å². The summed E-state index contributed by atoms with van der Waals surface area (Å²) < 4.78 is 28.8. The van der Waals surface area contributed by atoms with Gasteiger partial charge in [0.05, 0.1) is 10.6 Å². The number of rotatable bonds is 12. The second-order valence-electron chi connectivity index (χ2n) is 10.2. The van der Waals surface area contributed by atoms with Crippen LogP contribution in [0.25, 0.3) is 0 Å². The lowest BCUT2D eigenvalue weighted by atomic mass is 10.0. The van der Waals surface area contributed by atoms with Crippen LogP contribution in [-0.4, -0.2) is 50.3 Å². The van der Waals surface area contributed by atoms with Gasteiger partial charge in [0, 0.05) is 12.6 Å². The Morgan fingerprint density at radius 1 is 0.795 bits per heavy atom. The van der Waals surface area contributed by atoms with Crippen LogP contribution in [0.5, 0.6) is 0 Å². The number of amides is 2. The van der Waals surface area contributed by atoms with E-state index in [9.17, 15) is 18.0 Å². The van der Waals surface area contributed by atoms with Gasteiger partial charge < -0.3 is 10.2 Å². The quantitative estimate of drug-likeness (QED) is 0.345. The zero-order valence-electron chi connectivity index (χ0n) is 23.4. The van der Waals surface area contributed by atoms with Gasteiger partial charge in [0.15, 0.2) is 0 Å². The fraction of sp³-hybridized carbons (Fsp3) is 0.355. The first-order valence-electron chi connectivity index (χ1n) is 13.3. The summed E-state index contributed by atoms with van der Waals surface area (Å²) in [6.07, 6.45) is 0.528. The maximum Gasteiger partial charge on any atom is 0.264 e. The molecule has 7 nitrogen and oxygen atoms in total. The summed E-state index contributed by atoms with van der Waals surface area (Å²) >= 11 is 0. The Kier molecular flexibility index (Phi) is 10.3. The topological polar surface area (TPSA) is 86.8 Å². The summed E-state index contributed by atoms with van der Waals surface area (Å²) in [6, 6.07) is 24.1. The van der Waals surface area contributed by atoms with Crippen molar-refractivity contribution in [3.8, 4) is 0 Å². The van der Waals surface area contributed by atoms with Gasteiger partial charge in [0.1, 0.15) is 12.6 Å². The Hall–Kier alpha value is -3.65. The molecule has 0 radical (unpaired) electrons. The first-order chi connectivity index (χ1) is 18.5. The summed E-state index contributed by atoms with van der Waals surface area (Å²) in [6.45, 7) is 9.34. The Morgan fingerprint density at radius 2 is 1.36 bits per heavy atom. The van der Waals surface area contributed by atoms with E-state index in [1.807, 2.05) is 56.3 Å². The van der Waals surface area contributed by atoms with Crippen molar-refractivity contribution in [2.75, 3.05) is 17.4 Å². The minimum Gasteiger partial charge on any atom is -0.352 e. The molecule has 8 heteroatoms. The molecule has 0 saturated carbocycles. The van der Waals surface area contributed by atoms with Crippen LogP contribution in [0.4, 0.5) is 5.69 Å². The molecule has 3 aromatic rings. The molecule has 0 fully saturated rings. The summed E-state index contributed by atoms with van der Waals surface area (Å²) in [7, 11) is -4.06. The molecule has 0 heterocycles. The molecule has 1 atom stereocenters. The van der Waals surface area contributed by atoms with Crippen LogP contribution in [0.3, 0.4) is 0 Å². The number of nitrogens with zero attached hydrogens (tertiary/aromatic N) is 2. The second kappa shape index (κ2) is 13.4. The molecule has 3 rings (SSSR count). The summed E-state index contributed by atoms with van der Waals surface area (Å²) in [5.74, 6) is -0.469. The van der Waals surface area contributed by atoms with E-state index in [4.69, 9.17) is 0 Å². The van der Waals surface area contributed by atoms with Gasteiger partial charge in [-0.15, -0.1) is 0 Å². The SMILES string of the molecule is CC(C)NC(=O)[C@@H](C)N(CCc1ccccc1)C(=O)CN(c1ccc(C(C)C)cc1)S(=O)(=O)c1ccccc1. The first kappa shape index (κ1) is 29.9. The van der Waals surface area contributed by atoms with Crippen molar-refractivity contribution in [2.24, 2.45) is 0 Å². The molecule has 0 spiro atoms. The standard InChI is InChI=1S/C31H39N3O4S/c1-23(2)27-16-18-28(19-17-27)34(39(37,38)29-14-10-7-11-15-29)22-30(35)33(25(5)31(36)32-24(3)4)21-20-26-12-8-6-9-13-26/h6-19,23-25H,20-22H2,1-5H3,(H,32,36)/t25-/m1/s1. The van der Waals surface area contributed by atoms with Crippen molar-refractivity contribution in [3.63, 3.8) is 0 Å². The number of hydrogen-bond acceptors (Lipinski definition) is 4. The van der Waals surface area contributed by atoms with Gasteiger partial charge in [-0.05, 0) is 68.5 Å². The van der Waals surface area contributed by atoms with Gasteiger partial charge in [-0.3, -0.25) is 13.9 Å². The van der Waals surface area contributed by atoms with E-state index in [0.717, 1.165) is 15.4 Å². The van der Waals surface area contributed by atoms with Crippen LogP contribution in [0.2, 0.25) is 0 Å². The van der Waals surface area contributed by atoms with Crippen molar-refractivity contribution in [1.29, 1.82) is 0 Å². The molecule has 0 saturated heterocycles. The van der Waals surface area contributed by atoms with Crippen LogP contribution < -0.4 is 9.62 Å². The lowest BCUT2D eigenvalue weighted by Gasteiger charge is -2.32. The van der Waals surface area contributed by atoms with E-state index >= 15 is 0 Å². The maximum atomic E-state index is 13.9. The van der Waals surface area contributed by atoms with E-state index in [1.165, 1.54) is 17.0 Å². The largest absolute Gasteiger partial charge is 0.352 e. The Balaban J connectivity index is 1.98. The van der Waals surface area contributed by atoms with E-state index in [0.29, 0.717) is 12.1 Å². The maximum absolute atomic E-state index is 13.9. The summed E-state index contributed by atoms with van der Waals surface area (Å²) in [5, 5.41) is 2.87. The van der Waals surface area contributed by atoms with Crippen molar-refractivity contribution in [3.05, 3.63) is 96.1 Å². The Morgan fingerprint density at radius 3 is 1.90 bits per heavy atom. The molecule has 39 heavy (non-hydrogen) atoms. The second-order valence-corrected chi connectivity index (χ2v) is 12.1. The molecule has 3 aromatic carbocycles. The number of carbonyl (C=O) groups excluding carboxylic acids is 2. The van der Waals surface area contributed by atoms with Gasteiger partial charge in [-0.25, -0.2) is 8.42 Å². The number of anilines is 1. The molecule has 0 aliphatic rings. The van der Waals surface area contributed by atoms with Crippen LogP contribution in [-0.2, 0) is 26.0 Å². The molecule has 0 aliphatic carbocycles. The average Bonchev–Trinajstić information content (AvgIpc) is 2.92. The third kappa shape index (κ3) is 7.93. The molecule has 2 amide bonds. The summed E-state index contributed by atoms with van der Waals surface area (Å²) in [4.78, 5) is 28.4. The fourth-order valence-corrected chi connectivity index (χ4v) is 5.68. The predicted octanol–water partition coefficient (Wildman–Crippen LogP) is 4.99. The molecule has 1 N–H and O–H groups in total. The first-order valence-corrected chi connectivity index (χ1v) is 14.8. The zero-order chi connectivity index (χ0) is 28.6. The number of benzene rings is 3. The highest BCUT2D eigenvalue weighted by Gasteiger charge is 2.32. The molecular weight excluding hydrogens is 510 g/mol. The van der Waals surface area contributed by atoms with E-state index < -0.39 is 28.5 Å². The number of carbonyl (C=O) groups is 2. The molecule has 0 bridgehead atoms. The van der Waals surface area contributed by atoms with Gasteiger partial charge in [-0.2, -0.15) is 0 Å². The van der Waals surface area contributed by atoms with Crippen molar-refractivity contribution >= 4 is 27.5 Å². The minimum atomic E-state index is -4.06. The third-order valence-electron chi connectivity index (χ3n) is 6.54. The van der Waals surface area contributed by atoms with Gasteiger partial charge in [-0.1, -0.05) is 74.5 Å². The van der Waals surface area contributed by atoms with E-state index in [-0.39, 0.29) is 29.3 Å². The van der Waals surface area contributed by atoms with E-state index in [1.54, 1.807) is 37.3 Å². The van der Waals surface area contributed by atoms with Gasteiger partial charge >= 0.3 is 0 Å². The smallest absolute Gasteiger partial charge is 0.264 e. The van der Waals surface area contributed by atoms with Crippen molar-refractivity contribution < 1.29 is 18.0 Å². The highest BCUT2D eigenvalue weighted by atomic mass is 32.2. The van der Waals surface area contributed by atoms with Crippen molar-refractivity contribution in [2.45, 2.75) is 63.9 Å². The number of sulfonamides is 1. The highest BCUT2D eigenvalue weighted by Crippen LogP contribution is 2.26. The van der Waals surface area contributed by atoms with Crippen LogP contribution in [0.1, 0.15) is 51.7 Å². The molecule has 0 aliphatic heterocycles. The van der Waals surface area contributed by atoms with E-state index in [2.05, 4.69) is 19.2 Å². The van der Waals surface area contributed by atoms with Gasteiger partial charge in [0.25, 0.3) is 10.0 Å². The molecule has 208 valence electrons. The third-order valence-corrected chi connectivity index (χ3v) is 8.33. The van der Waals surface area contributed by atoms with Gasteiger partial charge in [0.2, 0.25) is 11.8 Å². The predicted molar refractivity (Wildman–Crippen MR) is 156 cm³/mol. The van der Waals surface area contributed by atoms with Crippen LogP contribution in [0.15, 0.2) is 89.8 Å².